The Balaban J connectivity index is 1.32. The molecule has 3 aromatic rings. The lowest BCUT2D eigenvalue weighted by molar-refractivity contribution is -0.182. The van der Waals surface area contributed by atoms with E-state index in [0.29, 0.717) is 29.2 Å². The molecular formula is C29H35FN6O5S. The van der Waals surface area contributed by atoms with E-state index in [1.807, 2.05) is 4.90 Å². The van der Waals surface area contributed by atoms with Gasteiger partial charge in [0.25, 0.3) is 15.9 Å². The molecule has 0 bridgehead atoms. The lowest BCUT2D eigenvalue weighted by Crippen LogP contribution is -2.46. The van der Waals surface area contributed by atoms with Gasteiger partial charge in [0.05, 0.1) is 28.1 Å². The Morgan fingerprint density at radius 1 is 1.02 bits per heavy atom. The van der Waals surface area contributed by atoms with Gasteiger partial charge in [-0.2, -0.15) is 0 Å². The Morgan fingerprint density at radius 2 is 1.69 bits per heavy atom. The molecule has 2 heterocycles. The molecule has 1 amide bonds. The van der Waals surface area contributed by atoms with Crippen molar-refractivity contribution >= 4 is 33.5 Å². The van der Waals surface area contributed by atoms with Crippen LogP contribution in [0.3, 0.4) is 0 Å². The number of carbonyl (C=O) groups excluding carboxylic acids is 2. The second kappa shape index (κ2) is 13.3. The molecule has 2 aromatic carbocycles. The summed E-state index contributed by atoms with van der Waals surface area (Å²) in [5, 5.41) is 5.81. The van der Waals surface area contributed by atoms with E-state index in [4.69, 9.17) is 4.84 Å². The van der Waals surface area contributed by atoms with Crippen LogP contribution in [0.2, 0.25) is 0 Å². The number of hydrogen-bond acceptors (Lipinski definition) is 9. The van der Waals surface area contributed by atoms with Gasteiger partial charge in [-0.25, -0.2) is 22.8 Å². The maximum Gasteiger partial charge on any atom is 0.328 e. The number of aromatic nitrogens is 2. The minimum Gasteiger partial charge on any atom is -0.369 e. The molecule has 42 heavy (non-hydrogen) atoms. The Morgan fingerprint density at radius 3 is 2.33 bits per heavy atom. The average molecular weight is 599 g/mol. The fraction of sp³-hybridized carbons (Fsp3) is 0.379. The molecule has 1 saturated heterocycles. The van der Waals surface area contributed by atoms with Crippen LogP contribution in [0.4, 0.5) is 16.0 Å². The summed E-state index contributed by atoms with van der Waals surface area (Å²) in [4.78, 5) is 40.9. The number of halogens is 1. The van der Waals surface area contributed by atoms with Crippen molar-refractivity contribution in [3.05, 3.63) is 78.4 Å². The van der Waals surface area contributed by atoms with E-state index in [-0.39, 0.29) is 29.5 Å². The Kier molecular flexibility index (Phi) is 9.74. The first kappa shape index (κ1) is 30.8. The van der Waals surface area contributed by atoms with Crippen molar-refractivity contribution in [2.75, 3.05) is 29.9 Å². The molecule has 1 aliphatic heterocycles. The van der Waals surface area contributed by atoms with Crippen LogP contribution in [0.5, 0.6) is 0 Å². The summed E-state index contributed by atoms with van der Waals surface area (Å²) in [6.07, 6.45) is 4.48. The zero-order chi connectivity index (χ0) is 30.3. The normalized spacial score (nSPS) is 14.5. The number of carbonyl (C=O) groups is 2. The van der Waals surface area contributed by atoms with Gasteiger partial charge in [0.2, 0.25) is 5.95 Å². The van der Waals surface area contributed by atoms with Crippen LogP contribution < -0.4 is 15.5 Å². The summed E-state index contributed by atoms with van der Waals surface area (Å²) < 4.78 is 42.3. The predicted molar refractivity (Wildman–Crippen MR) is 156 cm³/mol. The highest BCUT2D eigenvalue weighted by Gasteiger charge is 2.38. The number of amides is 1. The van der Waals surface area contributed by atoms with Gasteiger partial charge in [0.15, 0.2) is 5.82 Å². The van der Waals surface area contributed by atoms with Crippen LogP contribution in [-0.4, -0.2) is 65.9 Å². The number of anilines is 2. The van der Waals surface area contributed by atoms with Crippen molar-refractivity contribution in [2.24, 2.45) is 0 Å². The third-order valence-corrected chi connectivity index (χ3v) is 8.49. The van der Waals surface area contributed by atoms with Crippen LogP contribution in [-0.2, 0) is 19.7 Å². The standard InChI is InChI=1S/C29H35FN6O5S/c1-29(2,3)36(42(39,40)22-9-5-4-6-10-22)41-25(37)13-18-31-27(38)23-11-7-12-24(26(23)30)35-19-14-21(15-20-35)34-28-32-16-8-17-33-28/h4-12,16-17,21H,13-15,18-20H2,1-3H3,(H,31,38)(H,32,33,34). The van der Waals surface area contributed by atoms with Crippen LogP contribution in [0.25, 0.3) is 0 Å². The largest absolute Gasteiger partial charge is 0.369 e. The third-order valence-electron chi connectivity index (χ3n) is 6.56. The van der Waals surface area contributed by atoms with Gasteiger partial charge in [-0.15, -0.1) is 0 Å². The molecule has 13 heteroatoms. The van der Waals surface area contributed by atoms with E-state index < -0.39 is 33.3 Å². The summed E-state index contributed by atoms with van der Waals surface area (Å²) in [6.45, 7) is 5.76. The second-order valence-corrected chi connectivity index (χ2v) is 12.6. The summed E-state index contributed by atoms with van der Waals surface area (Å²) in [5.41, 5.74) is -0.901. The number of nitrogens with zero attached hydrogens (tertiary/aromatic N) is 4. The van der Waals surface area contributed by atoms with Gasteiger partial charge in [0, 0.05) is 38.1 Å². The number of hydrogen-bond donors (Lipinski definition) is 2. The molecule has 0 unspecified atom stereocenters. The second-order valence-electron chi connectivity index (χ2n) is 10.8. The van der Waals surface area contributed by atoms with Crippen LogP contribution in [0.15, 0.2) is 71.9 Å². The van der Waals surface area contributed by atoms with Crippen LogP contribution in [0, 0.1) is 5.82 Å². The highest BCUT2D eigenvalue weighted by atomic mass is 32.2. The first-order valence-electron chi connectivity index (χ1n) is 13.6. The molecule has 224 valence electrons. The number of nitrogens with one attached hydrogen (secondary N) is 2. The van der Waals surface area contributed by atoms with Crippen molar-refractivity contribution in [2.45, 2.75) is 56.5 Å². The molecule has 0 spiro atoms. The number of benzene rings is 2. The monoisotopic (exact) mass is 598 g/mol. The van der Waals surface area contributed by atoms with E-state index in [1.165, 1.54) is 18.2 Å². The molecule has 0 radical (unpaired) electrons. The Hall–Kier alpha value is -4.10. The van der Waals surface area contributed by atoms with Gasteiger partial charge in [-0.05, 0) is 68.4 Å². The smallest absolute Gasteiger partial charge is 0.328 e. The predicted octanol–water partition coefficient (Wildman–Crippen LogP) is 3.76. The van der Waals surface area contributed by atoms with Gasteiger partial charge in [0.1, 0.15) is 0 Å². The maximum atomic E-state index is 15.4. The SMILES string of the molecule is CC(C)(C)N(OC(=O)CCNC(=O)c1cccc(N2CCC(Nc3ncccn3)CC2)c1F)S(=O)(=O)c1ccccc1. The molecular weight excluding hydrogens is 563 g/mol. The molecule has 0 atom stereocenters. The van der Waals surface area contributed by atoms with Crippen molar-refractivity contribution < 1.29 is 27.2 Å². The molecule has 0 saturated carbocycles. The highest BCUT2D eigenvalue weighted by molar-refractivity contribution is 7.89. The van der Waals surface area contributed by atoms with Crippen LogP contribution >= 0.6 is 0 Å². The Bertz CT molecular complexity index is 1480. The van der Waals surface area contributed by atoms with E-state index in [0.717, 1.165) is 12.8 Å². The van der Waals surface area contributed by atoms with Gasteiger partial charge in [-0.3, -0.25) is 9.59 Å². The number of rotatable bonds is 10. The van der Waals surface area contributed by atoms with E-state index in [9.17, 15) is 18.0 Å². The third kappa shape index (κ3) is 7.59. The first-order valence-corrected chi connectivity index (χ1v) is 15.1. The summed E-state index contributed by atoms with van der Waals surface area (Å²) in [5.74, 6) is -1.65. The molecule has 11 nitrogen and oxygen atoms in total. The maximum absolute atomic E-state index is 15.4. The van der Waals surface area contributed by atoms with Crippen molar-refractivity contribution in [1.82, 2.24) is 19.8 Å². The van der Waals surface area contributed by atoms with Crippen molar-refractivity contribution in [3.8, 4) is 0 Å². The van der Waals surface area contributed by atoms with Gasteiger partial charge in [-0.1, -0.05) is 24.3 Å². The summed E-state index contributed by atoms with van der Waals surface area (Å²) in [7, 11) is -4.14. The molecule has 4 rings (SSSR count). The quantitative estimate of drug-likeness (QED) is 0.335. The zero-order valence-corrected chi connectivity index (χ0v) is 24.6. The van der Waals surface area contributed by atoms with E-state index in [2.05, 4.69) is 20.6 Å². The topological polar surface area (TPSA) is 134 Å². The van der Waals surface area contributed by atoms with Crippen molar-refractivity contribution in [3.63, 3.8) is 0 Å². The fourth-order valence-electron chi connectivity index (χ4n) is 4.51. The lowest BCUT2D eigenvalue weighted by atomic mass is 10.0. The minimum absolute atomic E-state index is 0.0258. The number of piperidine rings is 1. The molecule has 1 fully saturated rings. The number of sulfonamides is 1. The highest BCUT2D eigenvalue weighted by Crippen LogP contribution is 2.27. The first-order chi connectivity index (χ1) is 20.0. The number of hydroxylamine groups is 1. The summed E-state index contributed by atoms with van der Waals surface area (Å²) >= 11 is 0. The summed E-state index contributed by atoms with van der Waals surface area (Å²) in [6, 6.07) is 14.1. The van der Waals surface area contributed by atoms with Crippen LogP contribution in [0.1, 0.15) is 50.4 Å². The molecule has 2 N–H and O–H groups in total. The molecule has 1 aliphatic rings. The Labute approximate surface area is 245 Å². The van der Waals surface area contributed by atoms with Crippen molar-refractivity contribution in [1.29, 1.82) is 0 Å². The molecule has 1 aromatic heterocycles. The molecule has 0 aliphatic carbocycles. The van der Waals surface area contributed by atoms with Gasteiger partial charge < -0.3 is 20.4 Å². The lowest BCUT2D eigenvalue weighted by Gasteiger charge is -2.34. The van der Waals surface area contributed by atoms with Gasteiger partial charge >= 0.3 is 5.97 Å². The van der Waals surface area contributed by atoms with E-state index >= 15 is 4.39 Å². The average Bonchev–Trinajstić information content (AvgIpc) is 2.97. The van der Waals surface area contributed by atoms with E-state index in [1.54, 1.807) is 69.6 Å². The fourth-order valence-corrected chi connectivity index (χ4v) is 6.10. The zero-order valence-electron chi connectivity index (χ0n) is 23.8. The minimum atomic E-state index is -4.14.